The van der Waals surface area contributed by atoms with Crippen molar-refractivity contribution in [3.8, 4) is 0 Å². The van der Waals surface area contributed by atoms with Gasteiger partial charge in [0.1, 0.15) is 5.03 Å². The molecule has 0 radical (unpaired) electrons. The molecular weight excluding hydrogens is 242 g/mol. The molecule has 3 nitrogen and oxygen atoms in total. The summed E-state index contributed by atoms with van der Waals surface area (Å²) in [6.45, 7) is 0. The van der Waals surface area contributed by atoms with Crippen LogP contribution in [-0.2, 0) is 0 Å². The van der Waals surface area contributed by atoms with Crippen LogP contribution in [0.3, 0.4) is 0 Å². The van der Waals surface area contributed by atoms with Crippen molar-refractivity contribution in [1.82, 2.24) is 9.97 Å². The molecule has 0 aliphatic heterocycles. The Labute approximate surface area is 109 Å². The molecule has 4 heteroatoms. The summed E-state index contributed by atoms with van der Waals surface area (Å²) in [6, 6.07) is 12.1. The first-order valence-electron chi connectivity index (χ1n) is 5.56. The molecule has 0 aliphatic rings. The summed E-state index contributed by atoms with van der Waals surface area (Å²) >= 11 is 1.57. The summed E-state index contributed by atoms with van der Waals surface area (Å²) in [6.07, 6.45) is 5.22. The van der Waals surface area contributed by atoms with Crippen LogP contribution in [0.15, 0.2) is 64.9 Å². The normalized spacial score (nSPS) is 10.7. The standard InChI is InChI=1S/C14H11N3S/c15-12-9-16-7-6-13(12)18-14-11-4-2-1-3-10(11)5-8-17-14/h1-9H,15H2. The molecule has 0 amide bonds. The minimum absolute atomic E-state index is 0.678. The molecule has 0 saturated heterocycles. The molecule has 3 rings (SSSR count). The zero-order chi connectivity index (χ0) is 12.4. The zero-order valence-electron chi connectivity index (χ0n) is 9.58. The number of hydrogen-bond donors (Lipinski definition) is 1. The van der Waals surface area contributed by atoms with Crippen LogP contribution in [-0.4, -0.2) is 9.97 Å². The Balaban J connectivity index is 2.08. The third-order valence-electron chi connectivity index (χ3n) is 2.65. The van der Waals surface area contributed by atoms with Gasteiger partial charge in [-0.3, -0.25) is 4.98 Å². The maximum atomic E-state index is 5.90. The van der Waals surface area contributed by atoms with Gasteiger partial charge in [-0.15, -0.1) is 0 Å². The lowest BCUT2D eigenvalue weighted by atomic mass is 10.2. The summed E-state index contributed by atoms with van der Waals surface area (Å²) in [5.74, 6) is 0. The van der Waals surface area contributed by atoms with Gasteiger partial charge < -0.3 is 5.73 Å². The Morgan fingerprint density at radius 3 is 2.78 bits per heavy atom. The van der Waals surface area contributed by atoms with Gasteiger partial charge in [0.05, 0.1) is 11.9 Å². The highest BCUT2D eigenvalue weighted by molar-refractivity contribution is 7.99. The Bertz CT molecular complexity index is 692. The van der Waals surface area contributed by atoms with Crippen LogP contribution in [0, 0.1) is 0 Å². The van der Waals surface area contributed by atoms with Gasteiger partial charge in [-0.25, -0.2) is 4.98 Å². The number of pyridine rings is 2. The van der Waals surface area contributed by atoms with Gasteiger partial charge in [0.25, 0.3) is 0 Å². The molecule has 3 aromatic rings. The maximum Gasteiger partial charge on any atom is 0.109 e. The number of rotatable bonds is 2. The molecule has 0 unspecified atom stereocenters. The van der Waals surface area contributed by atoms with E-state index in [1.807, 2.05) is 30.5 Å². The molecule has 2 heterocycles. The second-order valence-corrected chi connectivity index (χ2v) is 4.88. The summed E-state index contributed by atoms with van der Waals surface area (Å²) < 4.78 is 0. The van der Waals surface area contributed by atoms with Gasteiger partial charge in [0.2, 0.25) is 0 Å². The summed E-state index contributed by atoms with van der Waals surface area (Å²) in [7, 11) is 0. The van der Waals surface area contributed by atoms with E-state index < -0.39 is 0 Å². The molecule has 2 aromatic heterocycles. The van der Waals surface area contributed by atoms with Crippen LogP contribution < -0.4 is 5.73 Å². The number of nitrogens with zero attached hydrogens (tertiary/aromatic N) is 2. The topological polar surface area (TPSA) is 51.8 Å². The second-order valence-electron chi connectivity index (χ2n) is 3.85. The van der Waals surface area contributed by atoms with Gasteiger partial charge in [0, 0.05) is 22.7 Å². The Hall–Kier alpha value is -2.07. The monoisotopic (exact) mass is 253 g/mol. The molecule has 0 atom stereocenters. The van der Waals surface area contributed by atoms with Crippen LogP contribution in [0.1, 0.15) is 0 Å². The fourth-order valence-corrected chi connectivity index (χ4v) is 2.68. The van der Waals surface area contributed by atoms with Crippen LogP contribution in [0.25, 0.3) is 10.8 Å². The highest BCUT2D eigenvalue weighted by atomic mass is 32.2. The van der Waals surface area contributed by atoms with E-state index in [4.69, 9.17) is 5.73 Å². The smallest absolute Gasteiger partial charge is 0.109 e. The summed E-state index contributed by atoms with van der Waals surface area (Å²) in [4.78, 5) is 9.40. The number of anilines is 1. The minimum Gasteiger partial charge on any atom is -0.397 e. The van der Waals surface area contributed by atoms with E-state index in [9.17, 15) is 0 Å². The van der Waals surface area contributed by atoms with Crippen molar-refractivity contribution in [3.63, 3.8) is 0 Å². The molecular formula is C14H11N3S. The van der Waals surface area contributed by atoms with Crippen molar-refractivity contribution in [3.05, 3.63) is 55.0 Å². The highest BCUT2D eigenvalue weighted by Gasteiger charge is 2.06. The lowest BCUT2D eigenvalue weighted by Crippen LogP contribution is -1.90. The SMILES string of the molecule is Nc1cnccc1Sc1nccc2ccccc12. The highest BCUT2D eigenvalue weighted by Crippen LogP contribution is 2.34. The fourth-order valence-electron chi connectivity index (χ4n) is 1.76. The second kappa shape index (κ2) is 4.66. The Morgan fingerprint density at radius 2 is 1.89 bits per heavy atom. The van der Waals surface area contributed by atoms with E-state index in [0.29, 0.717) is 5.69 Å². The Morgan fingerprint density at radius 1 is 1.00 bits per heavy atom. The first-order valence-corrected chi connectivity index (χ1v) is 6.37. The molecule has 0 bridgehead atoms. The molecule has 2 N–H and O–H groups in total. The van der Waals surface area contributed by atoms with Crippen molar-refractivity contribution in [2.24, 2.45) is 0 Å². The lowest BCUT2D eigenvalue weighted by molar-refractivity contribution is 1.17. The molecule has 88 valence electrons. The zero-order valence-corrected chi connectivity index (χ0v) is 10.4. The first kappa shape index (κ1) is 11.0. The van der Waals surface area contributed by atoms with Gasteiger partial charge in [-0.05, 0) is 17.5 Å². The van der Waals surface area contributed by atoms with Crippen LogP contribution in [0.5, 0.6) is 0 Å². The van der Waals surface area contributed by atoms with Crippen molar-refractivity contribution in [1.29, 1.82) is 0 Å². The lowest BCUT2D eigenvalue weighted by Gasteiger charge is -2.06. The number of benzene rings is 1. The number of nitrogens with two attached hydrogens (primary N) is 1. The number of nitrogen functional groups attached to an aromatic ring is 1. The minimum atomic E-state index is 0.678. The quantitative estimate of drug-likeness (QED) is 0.760. The predicted octanol–water partition coefficient (Wildman–Crippen LogP) is 3.36. The van der Waals surface area contributed by atoms with Gasteiger partial charge in [0.15, 0.2) is 0 Å². The van der Waals surface area contributed by atoms with E-state index in [1.54, 1.807) is 24.2 Å². The van der Waals surface area contributed by atoms with E-state index in [2.05, 4.69) is 22.1 Å². The van der Waals surface area contributed by atoms with Crippen molar-refractivity contribution in [2.45, 2.75) is 9.92 Å². The molecule has 0 fully saturated rings. The molecule has 1 aromatic carbocycles. The van der Waals surface area contributed by atoms with Crippen molar-refractivity contribution >= 4 is 28.2 Å². The third kappa shape index (κ3) is 2.02. The van der Waals surface area contributed by atoms with Crippen molar-refractivity contribution in [2.75, 3.05) is 5.73 Å². The Kier molecular flexibility index (Phi) is 2.86. The van der Waals surface area contributed by atoms with Crippen LogP contribution in [0.4, 0.5) is 5.69 Å². The first-order chi connectivity index (χ1) is 8.84. The molecule has 0 spiro atoms. The molecule has 0 saturated carbocycles. The predicted molar refractivity (Wildman–Crippen MR) is 74.5 cm³/mol. The van der Waals surface area contributed by atoms with Crippen molar-refractivity contribution < 1.29 is 0 Å². The van der Waals surface area contributed by atoms with E-state index >= 15 is 0 Å². The number of fused-ring (bicyclic) bond motifs is 1. The molecule has 18 heavy (non-hydrogen) atoms. The maximum absolute atomic E-state index is 5.90. The summed E-state index contributed by atoms with van der Waals surface area (Å²) in [5.41, 5.74) is 6.58. The van der Waals surface area contributed by atoms with Gasteiger partial charge in [-0.2, -0.15) is 0 Å². The van der Waals surface area contributed by atoms with E-state index in [-0.39, 0.29) is 0 Å². The number of hydrogen-bond acceptors (Lipinski definition) is 4. The average Bonchev–Trinajstić information content (AvgIpc) is 2.42. The average molecular weight is 253 g/mol. The molecule has 0 aliphatic carbocycles. The third-order valence-corrected chi connectivity index (χ3v) is 3.76. The van der Waals surface area contributed by atoms with E-state index in [0.717, 1.165) is 15.3 Å². The largest absolute Gasteiger partial charge is 0.397 e. The van der Waals surface area contributed by atoms with Crippen LogP contribution in [0.2, 0.25) is 0 Å². The summed E-state index contributed by atoms with van der Waals surface area (Å²) in [5, 5.41) is 3.29. The van der Waals surface area contributed by atoms with E-state index in [1.165, 1.54) is 5.39 Å². The van der Waals surface area contributed by atoms with Gasteiger partial charge >= 0.3 is 0 Å². The van der Waals surface area contributed by atoms with Gasteiger partial charge in [-0.1, -0.05) is 36.0 Å². The number of aromatic nitrogens is 2. The fraction of sp³-hybridized carbons (Fsp3) is 0. The van der Waals surface area contributed by atoms with Crippen LogP contribution >= 0.6 is 11.8 Å².